The van der Waals surface area contributed by atoms with Crippen molar-refractivity contribution in [2.24, 2.45) is 0 Å². The molecule has 7 nitrogen and oxygen atoms in total. The molecular weight excluding hydrogens is 596 g/mol. The number of thiazole rings is 1. The minimum Gasteiger partial charge on any atom is -0.351 e. The van der Waals surface area contributed by atoms with Gasteiger partial charge in [-0.1, -0.05) is 30.3 Å². The highest BCUT2D eigenvalue weighted by Crippen LogP contribution is 2.36. The van der Waals surface area contributed by atoms with Crippen LogP contribution in [0.2, 0.25) is 0 Å². The maximum atomic E-state index is 13.4. The predicted molar refractivity (Wildman–Crippen MR) is 151 cm³/mol. The molecule has 4 rings (SSSR count). The van der Waals surface area contributed by atoms with Crippen LogP contribution in [0.1, 0.15) is 59.0 Å². The standard InChI is InChI=1S/C29H31F6N5O2S/c1-36-26(42)39-27-38-24(17-43-27)23(9-12-40-10-7-20(8-11-40)19-5-3-2-4-6-19)25(41)37-16-18-13-21(28(30,31)32)15-22(14-18)29(33,34)35/h2-6,13-15,17,20,23H,7-12,16H2,1H3,(H,37,41)(H2,36,38,39,42)/t23-/m1/s1. The van der Waals surface area contributed by atoms with E-state index in [-0.39, 0.29) is 16.8 Å². The van der Waals surface area contributed by atoms with Crippen LogP contribution in [-0.2, 0) is 23.7 Å². The Morgan fingerprint density at radius 1 is 1.00 bits per heavy atom. The van der Waals surface area contributed by atoms with Crippen molar-refractivity contribution in [2.75, 3.05) is 32.0 Å². The Labute approximate surface area is 248 Å². The molecule has 232 valence electrons. The molecule has 1 aliphatic heterocycles. The van der Waals surface area contributed by atoms with E-state index in [1.54, 1.807) is 5.38 Å². The molecule has 0 saturated carbocycles. The number of halogens is 6. The van der Waals surface area contributed by atoms with Gasteiger partial charge in [-0.2, -0.15) is 26.3 Å². The first-order chi connectivity index (χ1) is 20.3. The molecule has 43 heavy (non-hydrogen) atoms. The molecule has 3 N–H and O–H groups in total. The highest BCUT2D eigenvalue weighted by atomic mass is 32.1. The maximum absolute atomic E-state index is 13.4. The van der Waals surface area contributed by atoms with Crippen LogP contribution < -0.4 is 16.0 Å². The Bertz CT molecular complexity index is 1360. The van der Waals surface area contributed by atoms with E-state index in [0.29, 0.717) is 36.7 Å². The van der Waals surface area contributed by atoms with E-state index in [0.717, 1.165) is 37.3 Å². The lowest BCUT2D eigenvalue weighted by atomic mass is 9.89. The van der Waals surface area contributed by atoms with E-state index in [9.17, 15) is 35.9 Å². The third kappa shape index (κ3) is 8.92. The summed E-state index contributed by atoms with van der Waals surface area (Å²) in [6.45, 7) is 1.59. The normalized spacial score (nSPS) is 15.6. The molecule has 1 aromatic heterocycles. The first-order valence-corrected chi connectivity index (χ1v) is 14.5. The number of hydrogen-bond acceptors (Lipinski definition) is 5. The molecular formula is C29H31F6N5O2S. The van der Waals surface area contributed by atoms with Crippen LogP contribution in [0.5, 0.6) is 0 Å². The zero-order valence-electron chi connectivity index (χ0n) is 23.2. The molecule has 1 fully saturated rings. The summed E-state index contributed by atoms with van der Waals surface area (Å²) < 4.78 is 79.8. The number of anilines is 1. The zero-order chi connectivity index (χ0) is 31.2. The molecule has 2 heterocycles. The van der Waals surface area contributed by atoms with Crippen molar-refractivity contribution in [1.82, 2.24) is 20.5 Å². The highest BCUT2D eigenvalue weighted by molar-refractivity contribution is 7.14. The van der Waals surface area contributed by atoms with Gasteiger partial charge in [0.15, 0.2) is 5.13 Å². The molecule has 1 atom stereocenters. The Morgan fingerprint density at radius 2 is 1.63 bits per heavy atom. The molecule has 0 aliphatic carbocycles. The summed E-state index contributed by atoms with van der Waals surface area (Å²) in [7, 11) is 1.43. The van der Waals surface area contributed by atoms with Crippen LogP contribution in [0, 0.1) is 0 Å². The number of aromatic nitrogens is 1. The molecule has 14 heteroatoms. The quantitative estimate of drug-likeness (QED) is 0.234. The molecule has 0 spiro atoms. The van der Waals surface area contributed by atoms with Gasteiger partial charge in [0.1, 0.15) is 0 Å². The van der Waals surface area contributed by atoms with Gasteiger partial charge in [-0.25, -0.2) is 9.78 Å². The molecule has 1 aliphatic rings. The third-order valence-corrected chi connectivity index (χ3v) is 8.13. The number of piperidine rings is 1. The average Bonchev–Trinajstić information content (AvgIpc) is 3.43. The minimum absolute atomic E-state index is 0.0470. The van der Waals surface area contributed by atoms with Crippen LogP contribution >= 0.6 is 11.3 Å². The summed E-state index contributed by atoms with van der Waals surface area (Å²) >= 11 is 1.10. The fourth-order valence-corrected chi connectivity index (χ4v) is 5.80. The van der Waals surface area contributed by atoms with E-state index in [2.05, 4.69) is 38.0 Å². The lowest BCUT2D eigenvalue weighted by Gasteiger charge is -2.32. The van der Waals surface area contributed by atoms with Gasteiger partial charge in [0, 0.05) is 19.0 Å². The largest absolute Gasteiger partial charge is 0.416 e. The topological polar surface area (TPSA) is 86.4 Å². The summed E-state index contributed by atoms with van der Waals surface area (Å²) in [6.07, 6.45) is -7.80. The fraction of sp³-hybridized carbons (Fsp3) is 0.414. The molecule has 0 radical (unpaired) electrons. The van der Waals surface area contributed by atoms with Crippen molar-refractivity contribution in [2.45, 2.75) is 50.0 Å². The van der Waals surface area contributed by atoms with E-state index in [4.69, 9.17) is 0 Å². The summed E-state index contributed by atoms with van der Waals surface area (Å²) in [4.78, 5) is 31.7. The van der Waals surface area contributed by atoms with Gasteiger partial charge in [0.05, 0.1) is 22.7 Å². The zero-order valence-corrected chi connectivity index (χ0v) is 24.0. The smallest absolute Gasteiger partial charge is 0.351 e. The van der Waals surface area contributed by atoms with Gasteiger partial charge < -0.3 is 15.5 Å². The number of urea groups is 1. The van der Waals surface area contributed by atoms with Gasteiger partial charge in [0.25, 0.3) is 0 Å². The summed E-state index contributed by atoms with van der Waals surface area (Å²) in [5.41, 5.74) is -1.62. The SMILES string of the molecule is CNC(=O)Nc1nc([C@@H](CCN2CCC(c3ccccc3)CC2)C(=O)NCc2cc(C(F)(F)F)cc(C(F)(F)F)c2)cs1. The van der Waals surface area contributed by atoms with Crippen molar-refractivity contribution >= 4 is 28.4 Å². The maximum Gasteiger partial charge on any atom is 0.416 e. The second kappa shape index (κ2) is 13.8. The molecule has 3 amide bonds. The number of carbonyl (C=O) groups excluding carboxylic acids is 2. The number of nitrogens with zero attached hydrogens (tertiary/aromatic N) is 2. The average molecular weight is 628 g/mol. The number of carbonyl (C=O) groups is 2. The second-order valence-electron chi connectivity index (χ2n) is 10.3. The van der Waals surface area contributed by atoms with Crippen molar-refractivity contribution in [3.63, 3.8) is 0 Å². The van der Waals surface area contributed by atoms with Crippen LogP contribution in [0.3, 0.4) is 0 Å². The van der Waals surface area contributed by atoms with Gasteiger partial charge >= 0.3 is 18.4 Å². The van der Waals surface area contributed by atoms with Gasteiger partial charge in [0.2, 0.25) is 5.91 Å². The number of alkyl halides is 6. The molecule has 2 aromatic carbocycles. The summed E-state index contributed by atoms with van der Waals surface area (Å²) in [5.74, 6) is -1.01. The lowest BCUT2D eigenvalue weighted by molar-refractivity contribution is -0.143. The fourth-order valence-electron chi connectivity index (χ4n) is 5.04. The van der Waals surface area contributed by atoms with E-state index in [1.165, 1.54) is 12.6 Å². The Kier molecular flexibility index (Phi) is 10.3. The van der Waals surface area contributed by atoms with Crippen LogP contribution in [0.4, 0.5) is 36.3 Å². The minimum atomic E-state index is -4.99. The van der Waals surface area contributed by atoms with Crippen LogP contribution in [-0.4, -0.2) is 48.5 Å². The first kappa shape index (κ1) is 32.3. The number of likely N-dealkylation sites (tertiary alicyclic amines) is 1. The highest BCUT2D eigenvalue weighted by Gasteiger charge is 2.37. The monoisotopic (exact) mass is 627 g/mol. The Hall–Kier alpha value is -3.65. The lowest BCUT2D eigenvalue weighted by Crippen LogP contribution is -2.36. The summed E-state index contributed by atoms with van der Waals surface area (Å²) in [6, 6.07) is 10.9. The van der Waals surface area contributed by atoms with E-state index >= 15 is 0 Å². The summed E-state index contributed by atoms with van der Waals surface area (Å²) in [5, 5.41) is 9.27. The second-order valence-corrected chi connectivity index (χ2v) is 11.1. The van der Waals surface area contributed by atoms with Crippen LogP contribution in [0.25, 0.3) is 0 Å². The predicted octanol–water partition coefficient (Wildman–Crippen LogP) is 6.60. The van der Waals surface area contributed by atoms with Crippen LogP contribution in [0.15, 0.2) is 53.9 Å². The van der Waals surface area contributed by atoms with E-state index < -0.39 is 47.9 Å². The molecule has 0 unspecified atom stereocenters. The number of nitrogens with one attached hydrogen (secondary N) is 3. The number of hydrogen-bond donors (Lipinski definition) is 3. The molecule has 3 aromatic rings. The van der Waals surface area contributed by atoms with Gasteiger partial charge in [-0.15, -0.1) is 11.3 Å². The van der Waals surface area contributed by atoms with Gasteiger partial charge in [-0.3, -0.25) is 10.1 Å². The van der Waals surface area contributed by atoms with Crippen molar-refractivity contribution in [3.8, 4) is 0 Å². The number of benzene rings is 2. The molecule has 1 saturated heterocycles. The van der Waals surface area contributed by atoms with Crippen molar-refractivity contribution in [1.29, 1.82) is 0 Å². The molecule has 0 bridgehead atoms. The van der Waals surface area contributed by atoms with E-state index in [1.807, 2.05) is 18.2 Å². The first-order valence-electron chi connectivity index (χ1n) is 13.6. The van der Waals surface area contributed by atoms with Crippen molar-refractivity contribution in [3.05, 3.63) is 81.9 Å². The van der Waals surface area contributed by atoms with Crippen molar-refractivity contribution < 1.29 is 35.9 Å². The third-order valence-electron chi connectivity index (χ3n) is 7.35. The number of amides is 3. The Morgan fingerprint density at radius 3 is 2.21 bits per heavy atom. The number of rotatable bonds is 9. The van der Waals surface area contributed by atoms with Gasteiger partial charge in [-0.05, 0) is 74.1 Å². The Balaban J connectivity index is 1.47.